The highest BCUT2D eigenvalue weighted by Gasteiger charge is 2.18. The van der Waals surface area contributed by atoms with Crippen molar-refractivity contribution in [3.63, 3.8) is 0 Å². The molecule has 0 unspecified atom stereocenters. The summed E-state index contributed by atoms with van der Waals surface area (Å²) in [4.78, 5) is -0.276. The molecule has 0 aliphatic carbocycles. The number of benzene rings is 1. The van der Waals surface area contributed by atoms with Crippen LogP contribution in [0.5, 0.6) is 5.75 Å². The largest absolute Gasteiger partial charge is 0.492 e. The molecule has 1 aromatic carbocycles. The van der Waals surface area contributed by atoms with Crippen LogP contribution in [0.1, 0.15) is 6.42 Å². The fourth-order valence-electron chi connectivity index (χ4n) is 1.08. The Labute approximate surface area is 109 Å². The molecule has 0 amide bonds. The summed E-state index contributed by atoms with van der Waals surface area (Å²) >= 11 is 11.6. The van der Waals surface area contributed by atoms with Crippen molar-refractivity contribution >= 4 is 33.2 Å². The normalized spacial score (nSPS) is 11.5. The average molecular weight is 302 g/mol. The topological polar surface area (TPSA) is 69.4 Å². The van der Waals surface area contributed by atoms with E-state index in [1.807, 2.05) is 0 Å². The summed E-state index contributed by atoms with van der Waals surface area (Å²) in [7, 11) is -3.93. The van der Waals surface area contributed by atoms with E-state index in [-0.39, 0.29) is 33.7 Å². The lowest BCUT2D eigenvalue weighted by Gasteiger charge is -2.10. The minimum atomic E-state index is -3.93. The fourth-order valence-corrected chi connectivity index (χ4v) is 2.45. The van der Waals surface area contributed by atoms with Crippen LogP contribution in [0.4, 0.5) is 4.39 Å². The van der Waals surface area contributed by atoms with Crippen LogP contribution in [-0.4, -0.2) is 21.7 Å². The van der Waals surface area contributed by atoms with Crippen molar-refractivity contribution in [2.24, 2.45) is 5.14 Å². The molecule has 0 aliphatic heterocycles. The fraction of sp³-hybridized carbons (Fsp3) is 0.333. The van der Waals surface area contributed by atoms with E-state index >= 15 is 0 Å². The smallest absolute Gasteiger partial charge is 0.239 e. The SMILES string of the molecule is NS(=O)(=O)c1ccc(OCCCF)c(Cl)c1Cl. The Kier molecular flexibility index (Phi) is 5.00. The van der Waals surface area contributed by atoms with Crippen molar-refractivity contribution in [2.45, 2.75) is 11.3 Å². The van der Waals surface area contributed by atoms with Gasteiger partial charge in [0.2, 0.25) is 10.0 Å². The Morgan fingerprint density at radius 1 is 1.29 bits per heavy atom. The van der Waals surface area contributed by atoms with Crippen LogP contribution in [-0.2, 0) is 10.0 Å². The molecule has 0 fully saturated rings. The number of ether oxygens (including phenoxy) is 1. The summed E-state index contributed by atoms with van der Waals surface area (Å²) in [5, 5.41) is 4.68. The Morgan fingerprint density at radius 3 is 2.47 bits per heavy atom. The lowest BCUT2D eigenvalue weighted by molar-refractivity contribution is 0.289. The number of sulfonamides is 1. The molecule has 0 atom stereocenters. The number of rotatable bonds is 5. The molecule has 1 rings (SSSR count). The van der Waals surface area contributed by atoms with E-state index in [1.165, 1.54) is 12.1 Å². The van der Waals surface area contributed by atoms with Crippen molar-refractivity contribution < 1.29 is 17.5 Å². The van der Waals surface area contributed by atoms with Crippen LogP contribution >= 0.6 is 23.2 Å². The molecular weight excluding hydrogens is 292 g/mol. The number of primary sulfonamides is 1. The minimum Gasteiger partial charge on any atom is -0.492 e. The van der Waals surface area contributed by atoms with Gasteiger partial charge in [-0.2, -0.15) is 0 Å². The summed E-state index contributed by atoms with van der Waals surface area (Å²) in [5.74, 6) is 0.192. The third kappa shape index (κ3) is 3.70. The van der Waals surface area contributed by atoms with Gasteiger partial charge in [0, 0.05) is 6.42 Å². The van der Waals surface area contributed by atoms with Crippen LogP contribution in [0.2, 0.25) is 10.0 Å². The van der Waals surface area contributed by atoms with Crippen molar-refractivity contribution in [3.8, 4) is 5.75 Å². The van der Waals surface area contributed by atoms with Gasteiger partial charge in [-0.15, -0.1) is 0 Å². The van der Waals surface area contributed by atoms with Gasteiger partial charge < -0.3 is 4.74 Å². The van der Waals surface area contributed by atoms with E-state index in [1.54, 1.807) is 0 Å². The summed E-state index contributed by atoms with van der Waals surface area (Å²) < 4.78 is 39.2. The molecule has 2 N–H and O–H groups in total. The highest BCUT2D eigenvalue weighted by atomic mass is 35.5. The van der Waals surface area contributed by atoms with Gasteiger partial charge in [-0.05, 0) is 12.1 Å². The highest BCUT2D eigenvalue weighted by Crippen LogP contribution is 2.36. The van der Waals surface area contributed by atoms with Gasteiger partial charge in [0.05, 0.1) is 18.3 Å². The van der Waals surface area contributed by atoms with Crippen molar-refractivity contribution in [3.05, 3.63) is 22.2 Å². The minimum absolute atomic E-state index is 0.0583. The van der Waals surface area contributed by atoms with Crippen LogP contribution in [0.25, 0.3) is 0 Å². The molecule has 0 radical (unpaired) electrons. The van der Waals surface area contributed by atoms with Crippen molar-refractivity contribution in [1.82, 2.24) is 0 Å². The molecule has 0 bridgehead atoms. The molecule has 1 aromatic rings. The number of alkyl halides is 1. The average Bonchev–Trinajstić information content (AvgIpc) is 2.23. The van der Waals surface area contributed by atoms with E-state index in [9.17, 15) is 12.8 Å². The van der Waals surface area contributed by atoms with Gasteiger partial charge >= 0.3 is 0 Å². The molecule has 0 saturated heterocycles. The maximum atomic E-state index is 11.9. The highest BCUT2D eigenvalue weighted by molar-refractivity contribution is 7.89. The van der Waals surface area contributed by atoms with E-state index in [0.717, 1.165) is 0 Å². The molecule has 0 aliphatic rings. The molecule has 8 heteroatoms. The van der Waals surface area contributed by atoms with Crippen LogP contribution in [0.15, 0.2) is 17.0 Å². The zero-order chi connectivity index (χ0) is 13.1. The maximum absolute atomic E-state index is 11.9. The first-order valence-electron chi connectivity index (χ1n) is 4.57. The first-order chi connectivity index (χ1) is 7.88. The number of nitrogens with two attached hydrogens (primary N) is 1. The van der Waals surface area contributed by atoms with Crippen molar-refractivity contribution in [2.75, 3.05) is 13.3 Å². The Hall–Kier alpha value is -0.560. The maximum Gasteiger partial charge on any atom is 0.239 e. The molecule has 4 nitrogen and oxygen atoms in total. The zero-order valence-electron chi connectivity index (χ0n) is 8.62. The predicted molar refractivity (Wildman–Crippen MR) is 63.9 cm³/mol. The van der Waals surface area contributed by atoms with E-state index in [4.69, 9.17) is 33.1 Å². The zero-order valence-corrected chi connectivity index (χ0v) is 10.9. The number of hydrogen-bond acceptors (Lipinski definition) is 3. The molecule has 0 heterocycles. The number of halogens is 3. The third-order valence-corrected chi connectivity index (χ3v) is 3.78. The van der Waals surface area contributed by atoms with Gasteiger partial charge in [0.15, 0.2) is 0 Å². The first kappa shape index (κ1) is 14.5. The van der Waals surface area contributed by atoms with Gasteiger partial charge in [0.25, 0.3) is 0 Å². The molecular formula is C9H10Cl2FNO3S. The second-order valence-electron chi connectivity index (χ2n) is 3.13. The van der Waals surface area contributed by atoms with Gasteiger partial charge in [0.1, 0.15) is 15.7 Å². The molecule has 0 spiro atoms. The molecule has 0 aromatic heterocycles. The van der Waals surface area contributed by atoms with Crippen LogP contribution < -0.4 is 9.88 Å². The van der Waals surface area contributed by atoms with Crippen LogP contribution in [0, 0.1) is 0 Å². The molecule has 17 heavy (non-hydrogen) atoms. The second kappa shape index (κ2) is 5.86. The monoisotopic (exact) mass is 301 g/mol. The van der Waals surface area contributed by atoms with Gasteiger partial charge in [-0.3, -0.25) is 4.39 Å². The summed E-state index contributed by atoms with van der Waals surface area (Å²) in [6.07, 6.45) is 0.213. The second-order valence-corrected chi connectivity index (χ2v) is 5.41. The molecule has 96 valence electrons. The summed E-state index contributed by atoms with van der Waals surface area (Å²) in [6, 6.07) is 2.51. The van der Waals surface area contributed by atoms with Gasteiger partial charge in [-0.25, -0.2) is 13.6 Å². The van der Waals surface area contributed by atoms with E-state index in [2.05, 4.69) is 0 Å². The van der Waals surface area contributed by atoms with Crippen molar-refractivity contribution in [1.29, 1.82) is 0 Å². The standard InChI is InChI=1S/C9H10Cl2FNO3S/c10-8-6(16-5-1-4-12)2-3-7(9(8)11)17(13,14)15/h2-3H,1,4-5H2,(H2,13,14,15). The Morgan fingerprint density at radius 2 is 1.94 bits per heavy atom. The Balaban J connectivity index is 3.03. The third-order valence-electron chi connectivity index (χ3n) is 1.85. The number of hydrogen-bond donors (Lipinski definition) is 1. The quantitative estimate of drug-likeness (QED) is 0.849. The molecule has 0 saturated carbocycles. The van der Waals surface area contributed by atoms with Crippen LogP contribution in [0.3, 0.4) is 0 Å². The summed E-state index contributed by atoms with van der Waals surface area (Å²) in [6.45, 7) is -0.387. The predicted octanol–water partition coefficient (Wildman–Crippen LogP) is 2.38. The summed E-state index contributed by atoms with van der Waals surface area (Å²) in [5.41, 5.74) is 0. The van der Waals surface area contributed by atoms with Gasteiger partial charge in [-0.1, -0.05) is 23.2 Å². The lowest BCUT2D eigenvalue weighted by Crippen LogP contribution is -2.13. The van der Waals surface area contributed by atoms with E-state index in [0.29, 0.717) is 0 Å². The lowest BCUT2D eigenvalue weighted by atomic mass is 10.3. The Bertz CT molecular complexity index is 507. The van der Waals surface area contributed by atoms with E-state index < -0.39 is 16.7 Å². The first-order valence-corrected chi connectivity index (χ1v) is 6.87.